The normalized spacial score (nSPS) is 13.1. The molecule has 256 valence electrons. The van der Waals surface area contributed by atoms with E-state index in [-0.39, 0.29) is 5.41 Å². The molecule has 0 unspecified atom stereocenters. The van der Waals surface area contributed by atoms with Crippen LogP contribution in [0.3, 0.4) is 0 Å². The monoisotopic (exact) mass is 692 g/mol. The fraction of sp³-hybridized carbons (Fsp3) is 0.0588. The highest BCUT2D eigenvalue weighted by Gasteiger charge is 2.35. The number of aromatic nitrogens is 1. The molecule has 0 spiro atoms. The second-order valence-electron chi connectivity index (χ2n) is 14.9. The number of furan rings is 1. The molecule has 0 saturated heterocycles. The maximum absolute atomic E-state index is 6.71. The van der Waals surface area contributed by atoms with Crippen LogP contribution in [0, 0.1) is 0 Å². The fourth-order valence-electron chi connectivity index (χ4n) is 9.04. The maximum atomic E-state index is 6.71. The van der Waals surface area contributed by atoms with Gasteiger partial charge >= 0.3 is 0 Å². The minimum atomic E-state index is -0.0906. The topological polar surface area (TPSA) is 21.3 Å². The molecule has 1 aliphatic carbocycles. The number of fused-ring (bicyclic) bond motifs is 10. The molecule has 0 radical (unpaired) electrons. The van der Waals surface area contributed by atoms with Crippen molar-refractivity contribution in [1.29, 1.82) is 0 Å². The third-order valence-electron chi connectivity index (χ3n) is 11.6. The lowest BCUT2D eigenvalue weighted by Gasteiger charge is -2.28. The number of hydrogen-bond acceptors (Lipinski definition) is 2. The SMILES string of the molecule is CC1(C)c2ccccc2-c2ccc(N(c3ccccc3)c3ccc(-c4cc5c6ccccc6oc5c5c6ccccc6n(-c6ccccc6)c45)cc3)cc21. The van der Waals surface area contributed by atoms with E-state index in [4.69, 9.17) is 4.42 Å². The second-order valence-corrected chi connectivity index (χ2v) is 14.9. The van der Waals surface area contributed by atoms with Gasteiger partial charge in [0.1, 0.15) is 11.2 Å². The molecule has 11 rings (SSSR count). The highest BCUT2D eigenvalue weighted by Crippen LogP contribution is 2.51. The van der Waals surface area contributed by atoms with Crippen LogP contribution in [0.5, 0.6) is 0 Å². The van der Waals surface area contributed by atoms with Crippen LogP contribution in [0.4, 0.5) is 17.1 Å². The average molecular weight is 693 g/mol. The van der Waals surface area contributed by atoms with Gasteiger partial charge in [0.2, 0.25) is 0 Å². The summed E-state index contributed by atoms with van der Waals surface area (Å²) >= 11 is 0. The van der Waals surface area contributed by atoms with Crippen LogP contribution < -0.4 is 4.90 Å². The molecule has 54 heavy (non-hydrogen) atoms. The van der Waals surface area contributed by atoms with Crippen LogP contribution in [-0.4, -0.2) is 4.57 Å². The third kappa shape index (κ3) is 4.42. The average Bonchev–Trinajstić information content (AvgIpc) is 3.85. The first-order valence-electron chi connectivity index (χ1n) is 18.7. The Morgan fingerprint density at radius 2 is 1.11 bits per heavy atom. The van der Waals surface area contributed by atoms with E-state index in [2.05, 4.69) is 199 Å². The van der Waals surface area contributed by atoms with Crippen molar-refractivity contribution in [2.24, 2.45) is 0 Å². The summed E-state index contributed by atoms with van der Waals surface area (Å²) in [6, 6.07) is 65.8. The molecule has 0 amide bonds. The third-order valence-corrected chi connectivity index (χ3v) is 11.6. The number of para-hydroxylation sites is 4. The quantitative estimate of drug-likeness (QED) is 0.179. The minimum absolute atomic E-state index is 0.0906. The van der Waals surface area contributed by atoms with Crippen molar-refractivity contribution in [3.63, 3.8) is 0 Å². The predicted octanol–water partition coefficient (Wildman–Crippen LogP) is 14.1. The summed E-state index contributed by atoms with van der Waals surface area (Å²) in [5.41, 5.74) is 16.2. The molecular formula is C51H36N2O. The molecule has 0 fully saturated rings. The molecule has 2 heterocycles. The van der Waals surface area contributed by atoms with Gasteiger partial charge in [-0.05, 0) is 94.5 Å². The van der Waals surface area contributed by atoms with E-state index in [0.29, 0.717) is 0 Å². The van der Waals surface area contributed by atoms with Gasteiger partial charge in [0.25, 0.3) is 0 Å². The number of rotatable bonds is 5. The van der Waals surface area contributed by atoms with Crippen molar-refractivity contribution < 1.29 is 4.42 Å². The summed E-state index contributed by atoms with van der Waals surface area (Å²) in [4.78, 5) is 2.38. The number of nitrogens with zero attached hydrogens (tertiary/aromatic N) is 2. The van der Waals surface area contributed by atoms with E-state index < -0.39 is 0 Å². The Balaban J connectivity index is 1.13. The van der Waals surface area contributed by atoms with Crippen LogP contribution >= 0.6 is 0 Å². The Hall–Kier alpha value is -6.84. The van der Waals surface area contributed by atoms with Gasteiger partial charge in [-0.3, -0.25) is 0 Å². The van der Waals surface area contributed by atoms with Crippen molar-refractivity contribution >= 4 is 60.8 Å². The minimum Gasteiger partial charge on any atom is -0.455 e. The molecule has 0 atom stereocenters. The lowest BCUT2D eigenvalue weighted by molar-refractivity contribution is 0.660. The Morgan fingerprint density at radius 1 is 0.481 bits per heavy atom. The molecule has 0 N–H and O–H groups in total. The Labute approximate surface area is 314 Å². The smallest absolute Gasteiger partial charge is 0.145 e. The van der Waals surface area contributed by atoms with Gasteiger partial charge in [0.15, 0.2) is 0 Å². The standard InChI is InChI=1S/C51H36N2O/c1-51(2)44-22-12-9-19-38(44)39-30-29-37(31-45(39)51)52(34-15-5-3-6-16-34)36-27-25-33(26-28-36)42-32-43-40-20-11-14-24-47(40)54-50(43)48-41-21-10-13-23-46(41)53(49(42)48)35-17-7-4-8-18-35/h3-32H,1-2H3. The summed E-state index contributed by atoms with van der Waals surface area (Å²) in [7, 11) is 0. The summed E-state index contributed by atoms with van der Waals surface area (Å²) in [5, 5.41) is 4.56. The van der Waals surface area contributed by atoms with E-state index in [1.165, 1.54) is 33.2 Å². The Morgan fingerprint density at radius 3 is 1.93 bits per heavy atom. The first-order chi connectivity index (χ1) is 26.6. The first kappa shape index (κ1) is 30.8. The molecule has 3 heteroatoms. The lowest BCUT2D eigenvalue weighted by atomic mass is 9.82. The zero-order chi connectivity index (χ0) is 36.0. The van der Waals surface area contributed by atoms with E-state index in [1.807, 2.05) is 6.07 Å². The van der Waals surface area contributed by atoms with Crippen LogP contribution in [0.25, 0.3) is 71.7 Å². The predicted molar refractivity (Wildman–Crippen MR) is 226 cm³/mol. The van der Waals surface area contributed by atoms with E-state index in [0.717, 1.165) is 66.7 Å². The molecular weight excluding hydrogens is 657 g/mol. The van der Waals surface area contributed by atoms with Crippen LogP contribution in [0.1, 0.15) is 25.0 Å². The molecule has 10 aromatic rings. The largest absolute Gasteiger partial charge is 0.455 e. The zero-order valence-electron chi connectivity index (χ0n) is 30.1. The van der Waals surface area contributed by atoms with E-state index in [9.17, 15) is 0 Å². The highest BCUT2D eigenvalue weighted by molar-refractivity contribution is 6.27. The van der Waals surface area contributed by atoms with Gasteiger partial charge in [0.05, 0.1) is 16.4 Å². The van der Waals surface area contributed by atoms with Crippen molar-refractivity contribution in [3.8, 4) is 27.9 Å². The van der Waals surface area contributed by atoms with Crippen molar-refractivity contribution in [1.82, 2.24) is 4.57 Å². The van der Waals surface area contributed by atoms with Crippen LogP contribution in [0.2, 0.25) is 0 Å². The maximum Gasteiger partial charge on any atom is 0.145 e. The van der Waals surface area contributed by atoms with Crippen LogP contribution in [0.15, 0.2) is 186 Å². The van der Waals surface area contributed by atoms with Crippen molar-refractivity contribution in [2.75, 3.05) is 4.90 Å². The van der Waals surface area contributed by atoms with Gasteiger partial charge in [-0.15, -0.1) is 0 Å². The zero-order valence-corrected chi connectivity index (χ0v) is 30.1. The van der Waals surface area contributed by atoms with Crippen molar-refractivity contribution in [3.05, 3.63) is 193 Å². The second kappa shape index (κ2) is 11.6. The molecule has 0 bridgehead atoms. The van der Waals surface area contributed by atoms with Crippen LogP contribution in [-0.2, 0) is 5.41 Å². The Kier molecular flexibility index (Phi) is 6.60. The molecule has 0 aliphatic heterocycles. The number of benzene rings is 8. The summed E-state index contributed by atoms with van der Waals surface area (Å²) in [5.74, 6) is 0. The molecule has 0 saturated carbocycles. The highest BCUT2D eigenvalue weighted by atomic mass is 16.3. The first-order valence-corrected chi connectivity index (χ1v) is 18.7. The molecule has 3 nitrogen and oxygen atoms in total. The molecule has 2 aromatic heterocycles. The van der Waals surface area contributed by atoms with Gasteiger partial charge < -0.3 is 13.9 Å². The van der Waals surface area contributed by atoms with E-state index >= 15 is 0 Å². The Bertz CT molecular complexity index is 3060. The van der Waals surface area contributed by atoms with E-state index in [1.54, 1.807) is 0 Å². The number of anilines is 3. The molecule has 8 aromatic carbocycles. The lowest BCUT2D eigenvalue weighted by Crippen LogP contribution is -2.16. The summed E-state index contributed by atoms with van der Waals surface area (Å²) < 4.78 is 9.11. The van der Waals surface area contributed by atoms with Gasteiger partial charge in [0, 0.05) is 49.9 Å². The number of hydrogen-bond donors (Lipinski definition) is 0. The van der Waals surface area contributed by atoms with Gasteiger partial charge in [-0.2, -0.15) is 0 Å². The van der Waals surface area contributed by atoms with Crippen molar-refractivity contribution in [2.45, 2.75) is 19.3 Å². The molecule has 1 aliphatic rings. The van der Waals surface area contributed by atoms with Gasteiger partial charge in [-0.25, -0.2) is 0 Å². The summed E-state index contributed by atoms with van der Waals surface area (Å²) in [6.07, 6.45) is 0. The van der Waals surface area contributed by atoms with Gasteiger partial charge in [-0.1, -0.05) is 129 Å². The fourth-order valence-corrected chi connectivity index (χ4v) is 9.04. The summed E-state index contributed by atoms with van der Waals surface area (Å²) in [6.45, 7) is 4.69.